The van der Waals surface area contributed by atoms with Crippen LogP contribution in [0.15, 0.2) is 42.6 Å². The second-order valence-corrected chi connectivity index (χ2v) is 6.58. The van der Waals surface area contributed by atoms with Crippen LogP contribution < -0.4 is 5.32 Å². The van der Waals surface area contributed by atoms with Gasteiger partial charge in [-0.15, -0.1) is 6.42 Å². The molecule has 0 amide bonds. The summed E-state index contributed by atoms with van der Waals surface area (Å²) in [7, 11) is 0. The summed E-state index contributed by atoms with van der Waals surface area (Å²) >= 11 is 0. The van der Waals surface area contributed by atoms with E-state index in [0.29, 0.717) is 17.9 Å². The van der Waals surface area contributed by atoms with Crippen molar-refractivity contribution < 1.29 is 10.2 Å². The molecule has 3 N–H and O–H groups in total. The first-order chi connectivity index (χ1) is 12.6. The van der Waals surface area contributed by atoms with Crippen molar-refractivity contribution in [3.05, 3.63) is 55.1 Å². The Labute approximate surface area is 151 Å². The Morgan fingerprint density at radius 2 is 2.08 bits per heavy atom. The largest absolute Gasteiger partial charge is 0.390 e. The van der Waals surface area contributed by atoms with E-state index in [0.717, 1.165) is 16.8 Å². The van der Waals surface area contributed by atoms with Crippen molar-refractivity contribution in [1.29, 1.82) is 0 Å². The monoisotopic (exact) mass is 347 g/mol. The average molecular weight is 347 g/mol. The highest BCUT2D eigenvalue weighted by molar-refractivity contribution is 5.67. The van der Waals surface area contributed by atoms with Crippen molar-refractivity contribution in [3.8, 4) is 23.6 Å². The summed E-state index contributed by atoms with van der Waals surface area (Å²) in [4.78, 5) is 4.35. The van der Waals surface area contributed by atoms with Crippen LogP contribution in [0.25, 0.3) is 16.9 Å². The number of nitrogens with one attached hydrogen (secondary N) is 1. The first kappa shape index (κ1) is 16.6. The summed E-state index contributed by atoms with van der Waals surface area (Å²) in [5.74, 6) is 3.11. The van der Waals surface area contributed by atoms with Crippen LogP contribution in [0.2, 0.25) is 0 Å². The van der Waals surface area contributed by atoms with E-state index in [1.165, 1.54) is 0 Å². The lowest BCUT2D eigenvalue weighted by Gasteiger charge is -2.19. The Morgan fingerprint density at radius 3 is 2.81 bits per heavy atom. The Morgan fingerprint density at radius 1 is 1.23 bits per heavy atom. The number of anilines is 1. The number of nitrogens with zero attached hydrogens (tertiary/aromatic N) is 3. The van der Waals surface area contributed by atoms with Gasteiger partial charge in [-0.05, 0) is 37.5 Å². The van der Waals surface area contributed by atoms with Gasteiger partial charge in [-0.1, -0.05) is 18.1 Å². The van der Waals surface area contributed by atoms with E-state index in [4.69, 9.17) is 6.42 Å². The minimum atomic E-state index is -0.872. The summed E-state index contributed by atoms with van der Waals surface area (Å²) in [5, 5.41) is 28.0. The van der Waals surface area contributed by atoms with Crippen molar-refractivity contribution in [1.82, 2.24) is 14.6 Å². The van der Waals surface area contributed by atoms with Crippen molar-refractivity contribution in [2.24, 2.45) is 5.92 Å². The lowest BCUT2D eigenvalue weighted by Crippen LogP contribution is -2.35. The number of rotatable bonds is 3. The number of aliphatic hydroxyl groups excluding tert-OH is 2. The molecule has 0 unspecified atom stereocenters. The zero-order valence-electron chi connectivity index (χ0n) is 14.1. The predicted octanol–water partition coefficient (Wildman–Crippen LogP) is 1.73. The molecule has 6 nitrogen and oxygen atoms in total. The predicted molar refractivity (Wildman–Crippen MR) is 99.2 cm³/mol. The van der Waals surface area contributed by atoms with Gasteiger partial charge in [0.2, 0.25) is 0 Å². The zero-order chi connectivity index (χ0) is 18.3. The maximum Gasteiger partial charge on any atom is 0.157 e. The standard InChI is InChI=1S/C20H19N4O2/c1-3-13-5-4-6-14(10-13)15-11-18-21-8-7-17(24(18)23-15)22-16-9-12(2)19(25)20(16)26/h1,4-8,10-12,16,19-20,22,25-26H,2,9H2/t12-,16-,19-,20+/m1/s1. The number of aromatic nitrogens is 3. The van der Waals surface area contributed by atoms with Gasteiger partial charge in [-0.2, -0.15) is 9.61 Å². The number of hydrogen-bond donors (Lipinski definition) is 3. The molecule has 0 bridgehead atoms. The molecular weight excluding hydrogens is 328 g/mol. The van der Waals surface area contributed by atoms with Crippen molar-refractivity contribution >= 4 is 11.5 Å². The topological polar surface area (TPSA) is 82.7 Å². The molecule has 4 rings (SSSR count). The van der Waals surface area contributed by atoms with Gasteiger partial charge in [-0.3, -0.25) is 0 Å². The maximum atomic E-state index is 10.2. The second-order valence-electron chi connectivity index (χ2n) is 6.58. The van der Waals surface area contributed by atoms with E-state index in [2.05, 4.69) is 28.2 Å². The van der Waals surface area contributed by atoms with Crippen LogP contribution in [-0.2, 0) is 0 Å². The summed E-state index contributed by atoms with van der Waals surface area (Å²) in [5.41, 5.74) is 3.13. The second kappa shape index (κ2) is 6.45. The molecule has 1 fully saturated rings. The number of hydrogen-bond acceptors (Lipinski definition) is 5. The minimum absolute atomic E-state index is 0.209. The fourth-order valence-electron chi connectivity index (χ4n) is 3.37. The van der Waals surface area contributed by atoms with Gasteiger partial charge in [0.1, 0.15) is 11.9 Å². The summed E-state index contributed by atoms with van der Waals surface area (Å²) in [6, 6.07) is 11.0. The van der Waals surface area contributed by atoms with Crippen LogP contribution in [0.5, 0.6) is 0 Å². The maximum absolute atomic E-state index is 10.2. The lowest BCUT2D eigenvalue weighted by atomic mass is 10.1. The SMILES string of the molecule is C#Cc1cccc(-c2cc3nccc(N[C@@H]4C[C@@H]([CH2])[C@@H](O)[C@H]4O)n3n2)c1. The average Bonchev–Trinajstić information content (AvgIpc) is 3.20. The van der Waals surface area contributed by atoms with Crippen LogP contribution in [-0.4, -0.2) is 43.1 Å². The van der Waals surface area contributed by atoms with Gasteiger partial charge in [-0.25, -0.2) is 4.98 Å². The molecule has 1 saturated carbocycles. The minimum Gasteiger partial charge on any atom is -0.390 e. The Bertz CT molecular complexity index is 991. The molecule has 1 radical (unpaired) electrons. The van der Waals surface area contributed by atoms with Gasteiger partial charge in [0.15, 0.2) is 5.65 Å². The van der Waals surface area contributed by atoms with E-state index >= 15 is 0 Å². The molecule has 26 heavy (non-hydrogen) atoms. The highest BCUT2D eigenvalue weighted by atomic mass is 16.3. The highest BCUT2D eigenvalue weighted by Gasteiger charge is 2.39. The lowest BCUT2D eigenvalue weighted by molar-refractivity contribution is 0.0256. The van der Waals surface area contributed by atoms with Gasteiger partial charge in [0, 0.05) is 23.4 Å². The summed E-state index contributed by atoms with van der Waals surface area (Å²) < 4.78 is 1.69. The molecule has 0 spiro atoms. The molecular formula is C20H19N4O2. The number of aliphatic hydroxyl groups is 2. The fourth-order valence-corrected chi connectivity index (χ4v) is 3.37. The molecule has 0 aliphatic heterocycles. The normalized spacial score (nSPS) is 25.3. The number of benzene rings is 1. The fraction of sp³-hybridized carbons (Fsp3) is 0.250. The molecule has 6 heteroatoms. The highest BCUT2D eigenvalue weighted by Crippen LogP contribution is 2.29. The van der Waals surface area contributed by atoms with Gasteiger partial charge in [0.25, 0.3) is 0 Å². The molecule has 1 aliphatic carbocycles. The molecule has 1 aliphatic rings. The van der Waals surface area contributed by atoms with Gasteiger partial charge in [0.05, 0.1) is 17.8 Å². The van der Waals surface area contributed by atoms with Crippen LogP contribution >= 0.6 is 0 Å². The third-order valence-corrected chi connectivity index (χ3v) is 4.82. The zero-order valence-corrected chi connectivity index (χ0v) is 14.1. The molecule has 2 heterocycles. The van der Waals surface area contributed by atoms with E-state index in [-0.39, 0.29) is 12.0 Å². The van der Waals surface area contributed by atoms with Crippen molar-refractivity contribution in [2.75, 3.05) is 5.32 Å². The molecule has 131 valence electrons. The Kier molecular flexibility index (Phi) is 4.11. The number of terminal acetylenes is 1. The molecule has 2 aromatic heterocycles. The third-order valence-electron chi connectivity index (χ3n) is 4.82. The van der Waals surface area contributed by atoms with Crippen LogP contribution in [0, 0.1) is 25.2 Å². The molecule has 3 aromatic rings. The first-order valence-electron chi connectivity index (χ1n) is 8.44. The van der Waals surface area contributed by atoms with Crippen LogP contribution in [0.4, 0.5) is 5.82 Å². The Hall–Kier alpha value is -2.88. The van der Waals surface area contributed by atoms with Crippen LogP contribution in [0.1, 0.15) is 12.0 Å². The quantitative estimate of drug-likeness (QED) is 0.629. The summed E-state index contributed by atoms with van der Waals surface area (Å²) in [6.07, 6.45) is 6.03. The molecule has 0 saturated heterocycles. The van der Waals surface area contributed by atoms with E-state index in [9.17, 15) is 10.2 Å². The molecule has 1 aromatic carbocycles. The van der Waals surface area contributed by atoms with Crippen LogP contribution in [0.3, 0.4) is 0 Å². The smallest absolute Gasteiger partial charge is 0.157 e. The van der Waals surface area contributed by atoms with Crippen molar-refractivity contribution in [3.63, 3.8) is 0 Å². The third kappa shape index (κ3) is 2.81. The van der Waals surface area contributed by atoms with Crippen molar-refractivity contribution in [2.45, 2.75) is 24.7 Å². The number of fused-ring (bicyclic) bond motifs is 1. The first-order valence-corrected chi connectivity index (χ1v) is 8.44. The van der Waals surface area contributed by atoms with E-state index in [1.807, 2.05) is 30.3 Å². The Balaban J connectivity index is 1.69. The van der Waals surface area contributed by atoms with Gasteiger partial charge < -0.3 is 15.5 Å². The van der Waals surface area contributed by atoms with Gasteiger partial charge >= 0.3 is 0 Å². The summed E-state index contributed by atoms with van der Waals surface area (Å²) in [6.45, 7) is 3.88. The van der Waals surface area contributed by atoms with E-state index < -0.39 is 12.2 Å². The molecule has 4 atom stereocenters. The van der Waals surface area contributed by atoms with E-state index in [1.54, 1.807) is 16.8 Å².